The maximum Gasteiger partial charge on any atom is 0.496 e. The zero-order chi connectivity index (χ0) is 16.7. The van der Waals surface area contributed by atoms with E-state index < -0.39 is 18.3 Å². The van der Waals surface area contributed by atoms with E-state index >= 15 is 0 Å². The first-order chi connectivity index (χ1) is 10.8. The van der Waals surface area contributed by atoms with E-state index in [0.29, 0.717) is 6.54 Å². The molecule has 0 aromatic carbocycles. The molecule has 1 saturated heterocycles. The van der Waals surface area contributed by atoms with E-state index in [1.165, 1.54) is 0 Å². The van der Waals surface area contributed by atoms with Crippen molar-refractivity contribution < 1.29 is 9.31 Å². The van der Waals surface area contributed by atoms with Crippen molar-refractivity contribution in [2.75, 3.05) is 0 Å². The van der Waals surface area contributed by atoms with Gasteiger partial charge in [-0.3, -0.25) is 9.78 Å². The van der Waals surface area contributed by atoms with Gasteiger partial charge in [-0.25, -0.2) is 0 Å². The van der Waals surface area contributed by atoms with Gasteiger partial charge in [0.05, 0.1) is 17.7 Å². The van der Waals surface area contributed by atoms with E-state index in [1.54, 1.807) is 35.3 Å². The van der Waals surface area contributed by atoms with Crippen LogP contribution < -0.4 is 11.0 Å². The van der Waals surface area contributed by atoms with Crippen LogP contribution in [0.4, 0.5) is 0 Å². The number of aromatic nitrogens is 2. The van der Waals surface area contributed by atoms with Gasteiger partial charge in [0.25, 0.3) is 5.56 Å². The number of nitrogens with zero attached hydrogens (tertiary/aromatic N) is 2. The van der Waals surface area contributed by atoms with Gasteiger partial charge in [0, 0.05) is 24.7 Å². The summed E-state index contributed by atoms with van der Waals surface area (Å²) in [6.07, 6.45) is 5.28. The van der Waals surface area contributed by atoms with Crippen LogP contribution in [0.25, 0.3) is 0 Å². The molecule has 0 atom stereocenters. The third-order valence-corrected chi connectivity index (χ3v) is 4.61. The molecule has 0 bridgehead atoms. The molecule has 3 heterocycles. The molecule has 0 aliphatic carbocycles. The lowest BCUT2D eigenvalue weighted by Gasteiger charge is -2.32. The zero-order valence-corrected chi connectivity index (χ0v) is 13.9. The van der Waals surface area contributed by atoms with Crippen molar-refractivity contribution in [3.05, 3.63) is 58.8 Å². The van der Waals surface area contributed by atoms with Gasteiger partial charge >= 0.3 is 7.12 Å². The molecule has 1 aliphatic rings. The fourth-order valence-corrected chi connectivity index (χ4v) is 2.48. The van der Waals surface area contributed by atoms with Gasteiger partial charge in [0.1, 0.15) is 0 Å². The Morgan fingerprint density at radius 2 is 1.83 bits per heavy atom. The average Bonchev–Trinajstić information content (AvgIpc) is 2.71. The lowest BCUT2D eigenvalue weighted by Crippen LogP contribution is -2.41. The normalized spacial score (nSPS) is 19.0. The summed E-state index contributed by atoms with van der Waals surface area (Å²) in [5.41, 5.74) is 0.950. The summed E-state index contributed by atoms with van der Waals surface area (Å²) in [6, 6.07) is 7.13. The molecule has 120 valence electrons. The molecule has 5 nitrogen and oxygen atoms in total. The zero-order valence-electron chi connectivity index (χ0n) is 13.9. The second-order valence-corrected chi connectivity index (χ2v) is 6.88. The summed E-state index contributed by atoms with van der Waals surface area (Å²) >= 11 is 0. The van der Waals surface area contributed by atoms with Gasteiger partial charge in [-0.1, -0.05) is 12.1 Å². The Labute approximate surface area is 136 Å². The Morgan fingerprint density at radius 3 is 2.43 bits per heavy atom. The summed E-state index contributed by atoms with van der Waals surface area (Å²) < 4.78 is 13.7. The standard InChI is InChI=1S/C17H21BN2O3/c1-16(2)17(3,4)23-18(22-16)14-7-8-15(21)20(12-14)11-13-6-5-9-19-10-13/h5-10,12H,11H2,1-4H3. The Kier molecular flexibility index (Phi) is 3.90. The maximum atomic E-state index is 12.1. The Morgan fingerprint density at radius 1 is 1.13 bits per heavy atom. The van der Waals surface area contributed by atoms with Crippen molar-refractivity contribution >= 4 is 12.6 Å². The van der Waals surface area contributed by atoms with Crippen molar-refractivity contribution in [2.45, 2.75) is 45.4 Å². The minimum atomic E-state index is -0.472. The van der Waals surface area contributed by atoms with Crippen LogP contribution in [0.5, 0.6) is 0 Å². The van der Waals surface area contributed by atoms with Crippen molar-refractivity contribution in [1.82, 2.24) is 9.55 Å². The molecule has 0 spiro atoms. The minimum Gasteiger partial charge on any atom is -0.399 e. The van der Waals surface area contributed by atoms with Crippen LogP contribution in [0, 0.1) is 0 Å². The molecule has 0 N–H and O–H groups in total. The van der Waals surface area contributed by atoms with Crippen LogP contribution in [0.3, 0.4) is 0 Å². The summed E-state index contributed by atoms with van der Waals surface area (Å²) in [5.74, 6) is 0. The average molecular weight is 312 g/mol. The van der Waals surface area contributed by atoms with Gasteiger partial charge in [-0.15, -0.1) is 0 Å². The molecular formula is C17H21BN2O3. The molecule has 23 heavy (non-hydrogen) atoms. The Bertz CT molecular complexity index is 740. The third kappa shape index (κ3) is 3.09. The SMILES string of the molecule is CC1(C)OB(c2ccc(=O)n(Cc3cccnc3)c2)OC1(C)C. The topological polar surface area (TPSA) is 53.4 Å². The molecule has 0 radical (unpaired) electrons. The largest absolute Gasteiger partial charge is 0.496 e. The van der Waals surface area contributed by atoms with Gasteiger partial charge < -0.3 is 13.9 Å². The van der Waals surface area contributed by atoms with Gasteiger partial charge in [0.2, 0.25) is 0 Å². The second-order valence-electron chi connectivity index (χ2n) is 6.88. The smallest absolute Gasteiger partial charge is 0.399 e. The van der Waals surface area contributed by atoms with Crippen LogP contribution in [0.15, 0.2) is 47.7 Å². The lowest BCUT2D eigenvalue weighted by atomic mass is 9.80. The molecule has 0 amide bonds. The van der Waals surface area contributed by atoms with Gasteiger partial charge in [-0.2, -0.15) is 0 Å². The summed E-state index contributed by atoms with van der Waals surface area (Å²) in [4.78, 5) is 16.2. The first-order valence-electron chi connectivity index (χ1n) is 7.73. The highest BCUT2D eigenvalue weighted by atomic mass is 16.7. The Balaban J connectivity index is 1.88. The van der Waals surface area contributed by atoms with E-state index in [9.17, 15) is 4.79 Å². The quantitative estimate of drug-likeness (QED) is 0.808. The van der Waals surface area contributed by atoms with Crippen LogP contribution in [-0.4, -0.2) is 27.9 Å². The molecular weight excluding hydrogens is 291 g/mol. The molecule has 0 saturated carbocycles. The van der Waals surface area contributed by atoms with E-state index in [0.717, 1.165) is 11.0 Å². The number of pyridine rings is 2. The van der Waals surface area contributed by atoms with Crippen molar-refractivity contribution in [1.29, 1.82) is 0 Å². The third-order valence-electron chi connectivity index (χ3n) is 4.61. The summed E-state index contributed by atoms with van der Waals surface area (Å²) in [5, 5.41) is 0. The molecule has 6 heteroatoms. The number of hydrogen-bond donors (Lipinski definition) is 0. The first kappa shape index (κ1) is 16.0. The fraction of sp³-hybridized carbons (Fsp3) is 0.412. The van der Waals surface area contributed by atoms with Gasteiger partial charge in [-0.05, 0) is 44.8 Å². The highest BCUT2D eigenvalue weighted by Crippen LogP contribution is 2.36. The first-order valence-corrected chi connectivity index (χ1v) is 7.73. The molecule has 2 aromatic heterocycles. The van der Waals surface area contributed by atoms with E-state index in [4.69, 9.17) is 9.31 Å². The number of hydrogen-bond acceptors (Lipinski definition) is 4. The molecule has 0 unspecified atom stereocenters. The molecule has 2 aromatic rings. The van der Waals surface area contributed by atoms with Crippen LogP contribution >= 0.6 is 0 Å². The van der Waals surface area contributed by atoms with E-state index in [1.807, 2.05) is 39.8 Å². The van der Waals surface area contributed by atoms with Gasteiger partial charge in [0.15, 0.2) is 0 Å². The fourth-order valence-electron chi connectivity index (χ4n) is 2.48. The maximum absolute atomic E-state index is 12.1. The highest BCUT2D eigenvalue weighted by molar-refractivity contribution is 6.62. The van der Waals surface area contributed by atoms with Crippen LogP contribution in [0.1, 0.15) is 33.3 Å². The van der Waals surface area contributed by atoms with Crippen molar-refractivity contribution in [2.24, 2.45) is 0 Å². The number of rotatable bonds is 3. The summed E-state index contributed by atoms with van der Waals surface area (Å²) in [6.45, 7) is 8.52. The molecule has 3 rings (SSSR count). The predicted molar refractivity (Wildman–Crippen MR) is 89.8 cm³/mol. The molecule has 1 fully saturated rings. The lowest BCUT2D eigenvalue weighted by molar-refractivity contribution is 0.00578. The van der Waals surface area contributed by atoms with Crippen molar-refractivity contribution in [3.8, 4) is 0 Å². The monoisotopic (exact) mass is 312 g/mol. The van der Waals surface area contributed by atoms with Crippen molar-refractivity contribution in [3.63, 3.8) is 0 Å². The van der Waals surface area contributed by atoms with Crippen LogP contribution in [-0.2, 0) is 15.9 Å². The minimum absolute atomic E-state index is 0.0610. The molecule has 1 aliphatic heterocycles. The van der Waals surface area contributed by atoms with E-state index in [-0.39, 0.29) is 5.56 Å². The van der Waals surface area contributed by atoms with E-state index in [2.05, 4.69) is 4.98 Å². The second kappa shape index (κ2) is 5.62. The highest BCUT2D eigenvalue weighted by Gasteiger charge is 2.51. The van der Waals surface area contributed by atoms with Crippen LogP contribution in [0.2, 0.25) is 0 Å². The Hall–Kier alpha value is -1.92. The predicted octanol–water partition coefficient (Wildman–Crippen LogP) is 1.59. The summed E-state index contributed by atoms with van der Waals surface area (Å²) in [7, 11) is -0.472.